The van der Waals surface area contributed by atoms with Crippen LogP contribution < -0.4 is 10.1 Å². The molecule has 0 spiro atoms. The molecule has 110 valence electrons. The minimum atomic E-state index is -2.78. The van der Waals surface area contributed by atoms with Crippen molar-refractivity contribution >= 4 is 0 Å². The van der Waals surface area contributed by atoms with Crippen LogP contribution in [0.4, 0.5) is 8.78 Å². The largest absolute Gasteiger partial charge is 0.435 e. The Morgan fingerprint density at radius 3 is 2.45 bits per heavy atom. The summed E-state index contributed by atoms with van der Waals surface area (Å²) in [5.74, 6) is 0.196. The molecule has 2 rings (SSSR count). The van der Waals surface area contributed by atoms with Gasteiger partial charge in [-0.1, -0.05) is 18.2 Å². The molecule has 1 aliphatic rings. The zero-order valence-electron chi connectivity index (χ0n) is 11.4. The van der Waals surface area contributed by atoms with Gasteiger partial charge in [-0.15, -0.1) is 6.58 Å². The Balaban J connectivity index is 2.09. The summed E-state index contributed by atoms with van der Waals surface area (Å²) in [5, 5.41) is 3.32. The van der Waals surface area contributed by atoms with Crippen molar-refractivity contribution in [2.75, 3.05) is 26.2 Å². The summed E-state index contributed by atoms with van der Waals surface area (Å²) in [6, 6.07) is 7.15. The van der Waals surface area contributed by atoms with Gasteiger partial charge in [0.05, 0.1) is 0 Å². The Morgan fingerprint density at radius 1 is 1.25 bits per heavy atom. The molecule has 0 saturated carbocycles. The van der Waals surface area contributed by atoms with Crippen LogP contribution in [0, 0.1) is 0 Å². The Labute approximate surface area is 118 Å². The zero-order chi connectivity index (χ0) is 14.4. The summed E-state index contributed by atoms with van der Waals surface area (Å²) in [6.07, 6.45) is 2.74. The van der Waals surface area contributed by atoms with Gasteiger partial charge in [0.15, 0.2) is 0 Å². The third kappa shape index (κ3) is 4.02. The Hall–Kier alpha value is -1.46. The van der Waals surface area contributed by atoms with Crippen LogP contribution in [0.15, 0.2) is 36.9 Å². The molecule has 0 radical (unpaired) electrons. The quantitative estimate of drug-likeness (QED) is 0.812. The number of halogens is 2. The number of benzene rings is 1. The van der Waals surface area contributed by atoms with Crippen LogP contribution in [-0.2, 0) is 0 Å². The lowest BCUT2D eigenvalue weighted by Crippen LogP contribution is -2.45. The maximum Gasteiger partial charge on any atom is 0.387 e. The Morgan fingerprint density at radius 2 is 1.90 bits per heavy atom. The molecule has 0 bridgehead atoms. The van der Waals surface area contributed by atoms with E-state index in [1.165, 1.54) is 0 Å². The zero-order valence-corrected chi connectivity index (χ0v) is 11.4. The average Bonchev–Trinajstić information content (AvgIpc) is 2.46. The van der Waals surface area contributed by atoms with Gasteiger partial charge in [0.1, 0.15) is 5.75 Å². The summed E-state index contributed by atoms with van der Waals surface area (Å²) < 4.78 is 28.7. The fourth-order valence-electron chi connectivity index (χ4n) is 2.52. The molecule has 1 aromatic rings. The molecule has 0 aromatic heterocycles. The van der Waals surface area contributed by atoms with Crippen LogP contribution in [0.5, 0.6) is 5.75 Å². The summed E-state index contributed by atoms with van der Waals surface area (Å²) in [7, 11) is 0. The fourth-order valence-corrected chi connectivity index (χ4v) is 2.52. The number of ether oxygens (including phenoxy) is 1. The molecule has 20 heavy (non-hydrogen) atoms. The van der Waals surface area contributed by atoms with Crippen LogP contribution in [0.3, 0.4) is 0 Å². The van der Waals surface area contributed by atoms with Gasteiger partial charge in [0.2, 0.25) is 0 Å². The minimum Gasteiger partial charge on any atom is -0.435 e. The van der Waals surface area contributed by atoms with Crippen LogP contribution in [0.25, 0.3) is 0 Å². The van der Waals surface area contributed by atoms with Gasteiger partial charge in [-0.2, -0.15) is 8.78 Å². The second-order valence-electron chi connectivity index (χ2n) is 4.77. The molecule has 0 aliphatic carbocycles. The molecule has 0 amide bonds. The average molecular weight is 282 g/mol. The lowest BCUT2D eigenvalue weighted by Gasteiger charge is -2.34. The molecule has 1 fully saturated rings. The normalized spacial score (nSPS) is 17.9. The maximum absolute atomic E-state index is 12.1. The number of rotatable bonds is 6. The smallest absolute Gasteiger partial charge is 0.387 e. The van der Waals surface area contributed by atoms with Crippen molar-refractivity contribution < 1.29 is 13.5 Å². The van der Waals surface area contributed by atoms with Crippen molar-refractivity contribution in [3.63, 3.8) is 0 Å². The van der Waals surface area contributed by atoms with Crippen LogP contribution >= 0.6 is 0 Å². The van der Waals surface area contributed by atoms with Crippen molar-refractivity contribution in [2.24, 2.45) is 0 Å². The first-order chi connectivity index (χ1) is 9.70. The van der Waals surface area contributed by atoms with E-state index in [9.17, 15) is 8.78 Å². The van der Waals surface area contributed by atoms with E-state index in [0.717, 1.165) is 38.2 Å². The minimum absolute atomic E-state index is 0.196. The number of piperazine rings is 1. The van der Waals surface area contributed by atoms with E-state index in [-0.39, 0.29) is 11.8 Å². The van der Waals surface area contributed by atoms with Gasteiger partial charge in [-0.3, -0.25) is 4.90 Å². The SMILES string of the molecule is C=CC[C@H](c1ccc(OC(F)F)cc1)N1CCNCC1. The summed E-state index contributed by atoms with van der Waals surface area (Å²) in [5.41, 5.74) is 1.11. The molecule has 0 unspecified atom stereocenters. The van der Waals surface area contributed by atoms with Crippen LogP contribution in [0.1, 0.15) is 18.0 Å². The topological polar surface area (TPSA) is 24.5 Å². The highest BCUT2D eigenvalue weighted by Gasteiger charge is 2.21. The molecule has 3 nitrogen and oxygen atoms in total. The lowest BCUT2D eigenvalue weighted by atomic mass is 10.0. The Bertz CT molecular complexity index is 416. The second-order valence-corrected chi connectivity index (χ2v) is 4.77. The summed E-state index contributed by atoms with van der Waals surface area (Å²) in [4.78, 5) is 2.39. The van der Waals surface area contributed by atoms with Crippen LogP contribution in [-0.4, -0.2) is 37.7 Å². The number of nitrogens with zero attached hydrogens (tertiary/aromatic N) is 1. The van der Waals surface area contributed by atoms with Crippen molar-refractivity contribution in [1.29, 1.82) is 0 Å². The maximum atomic E-state index is 12.1. The van der Waals surface area contributed by atoms with Crippen LogP contribution in [0.2, 0.25) is 0 Å². The lowest BCUT2D eigenvalue weighted by molar-refractivity contribution is -0.0498. The van der Waals surface area contributed by atoms with E-state index in [1.54, 1.807) is 12.1 Å². The second kappa shape index (κ2) is 7.36. The Kier molecular flexibility index (Phi) is 5.49. The summed E-state index contributed by atoms with van der Waals surface area (Å²) >= 11 is 0. The molecule has 5 heteroatoms. The van der Waals surface area contributed by atoms with Gasteiger partial charge >= 0.3 is 6.61 Å². The number of alkyl halides is 2. The predicted molar refractivity (Wildman–Crippen MR) is 75.1 cm³/mol. The monoisotopic (exact) mass is 282 g/mol. The highest BCUT2D eigenvalue weighted by molar-refractivity contribution is 5.29. The van der Waals surface area contributed by atoms with Crippen molar-refractivity contribution in [2.45, 2.75) is 19.1 Å². The van der Waals surface area contributed by atoms with Crippen molar-refractivity contribution in [3.05, 3.63) is 42.5 Å². The number of hydrogen-bond donors (Lipinski definition) is 1. The van der Waals surface area contributed by atoms with Crippen molar-refractivity contribution in [3.8, 4) is 5.75 Å². The molecule has 1 atom stereocenters. The van der Waals surface area contributed by atoms with Crippen molar-refractivity contribution in [1.82, 2.24) is 10.2 Å². The van der Waals surface area contributed by atoms with E-state index in [0.29, 0.717) is 0 Å². The fraction of sp³-hybridized carbons (Fsp3) is 0.467. The van der Waals surface area contributed by atoms with E-state index in [4.69, 9.17) is 0 Å². The third-order valence-electron chi connectivity index (χ3n) is 3.47. The van der Waals surface area contributed by atoms with Gasteiger partial charge in [-0.25, -0.2) is 0 Å². The molecule has 1 saturated heterocycles. The first-order valence-corrected chi connectivity index (χ1v) is 6.81. The van der Waals surface area contributed by atoms with E-state index < -0.39 is 6.61 Å². The molecular formula is C15H20F2N2O. The molecule has 1 aliphatic heterocycles. The molecule has 1 N–H and O–H groups in total. The van der Waals surface area contributed by atoms with E-state index in [1.807, 2.05) is 18.2 Å². The standard InChI is InChI=1S/C15H20F2N2O/c1-2-3-14(19-10-8-18-9-11-19)12-4-6-13(7-5-12)20-15(16)17/h2,4-7,14-15,18H,1,3,8-11H2/t14-/m1/s1. The predicted octanol–water partition coefficient (Wildman–Crippen LogP) is 2.81. The molecular weight excluding hydrogens is 262 g/mol. The van der Waals surface area contributed by atoms with Gasteiger partial charge in [0.25, 0.3) is 0 Å². The highest BCUT2D eigenvalue weighted by Crippen LogP contribution is 2.27. The number of nitrogens with one attached hydrogen (secondary N) is 1. The van der Waals surface area contributed by atoms with E-state index >= 15 is 0 Å². The van der Waals surface area contributed by atoms with Gasteiger partial charge in [0, 0.05) is 32.2 Å². The first kappa shape index (κ1) is 14.9. The highest BCUT2D eigenvalue weighted by atomic mass is 19.3. The molecule has 1 aromatic carbocycles. The number of hydrogen-bond acceptors (Lipinski definition) is 3. The van der Waals surface area contributed by atoms with Gasteiger partial charge in [-0.05, 0) is 24.1 Å². The molecule has 1 heterocycles. The first-order valence-electron chi connectivity index (χ1n) is 6.81. The van der Waals surface area contributed by atoms with E-state index in [2.05, 4.69) is 21.5 Å². The third-order valence-corrected chi connectivity index (χ3v) is 3.47. The summed E-state index contributed by atoms with van der Waals surface area (Å²) in [6.45, 7) is 4.94. The van der Waals surface area contributed by atoms with Gasteiger partial charge < -0.3 is 10.1 Å².